The molecule has 0 saturated heterocycles. The summed E-state index contributed by atoms with van der Waals surface area (Å²) in [5.74, 6) is 2.90. The number of aliphatic imine (C=N–C) groups is 1. The summed E-state index contributed by atoms with van der Waals surface area (Å²) in [6.07, 6.45) is 17.6. The van der Waals surface area contributed by atoms with E-state index in [2.05, 4.69) is 44.5 Å². The van der Waals surface area contributed by atoms with Gasteiger partial charge in [-0.15, -0.1) is 0 Å². The monoisotopic (exact) mass is 552 g/mol. The summed E-state index contributed by atoms with van der Waals surface area (Å²) >= 11 is 0. The molecule has 3 rings (SSSR count). The van der Waals surface area contributed by atoms with Gasteiger partial charge in [0, 0.05) is 24.4 Å². The van der Waals surface area contributed by atoms with Crippen LogP contribution in [0.25, 0.3) is 0 Å². The summed E-state index contributed by atoms with van der Waals surface area (Å²) in [4.78, 5) is 17.3. The molecule has 3 aliphatic carbocycles. The average Bonchev–Trinajstić information content (AvgIpc) is 3.48. The Morgan fingerprint density at radius 2 is 1.80 bits per heavy atom. The first kappa shape index (κ1) is 31.5. The van der Waals surface area contributed by atoms with Gasteiger partial charge in [-0.1, -0.05) is 58.8 Å². The van der Waals surface area contributed by atoms with Gasteiger partial charge in [0.2, 0.25) is 0 Å². The highest BCUT2D eigenvalue weighted by atomic mass is 16.5. The van der Waals surface area contributed by atoms with Crippen molar-refractivity contribution < 1.29 is 20.4 Å². The second-order valence-electron chi connectivity index (χ2n) is 12.0. The minimum absolute atomic E-state index is 0. The summed E-state index contributed by atoms with van der Waals surface area (Å²) in [6, 6.07) is 0. The number of carbonyl (C=O) groups is 1. The summed E-state index contributed by atoms with van der Waals surface area (Å²) in [5, 5.41) is 3.51. The highest BCUT2D eigenvalue weighted by Gasteiger charge is 2.35. The average molecular weight is 553 g/mol. The van der Waals surface area contributed by atoms with Crippen molar-refractivity contribution in [3.63, 3.8) is 0 Å². The van der Waals surface area contributed by atoms with E-state index in [1.54, 1.807) is 7.11 Å². The minimum Gasteiger partial charge on any atom is -0.497 e. The molecule has 6 nitrogen and oxygen atoms in total. The molecule has 6 heteroatoms. The molecule has 1 N–H and O–H groups in total. The first-order valence-electron chi connectivity index (χ1n) is 14.9. The molecule has 2 atom stereocenters. The van der Waals surface area contributed by atoms with Crippen LogP contribution >= 0.6 is 0 Å². The number of esters is 1. The molecule has 2 fully saturated rings. The Hall–Kier alpha value is -3.02. The van der Waals surface area contributed by atoms with Crippen LogP contribution in [0.1, 0.15) is 86.9 Å². The number of rotatable bonds is 12. The Morgan fingerprint density at radius 1 is 1.12 bits per heavy atom. The molecule has 0 amide bonds. The fourth-order valence-electron chi connectivity index (χ4n) is 6.20. The van der Waals surface area contributed by atoms with E-state index in [-0.39, 0.29) is 24.6 Å². The van der Waals surface area contributed by atoms with Crippen molar-refractivity contribution in [3.8, 4) is 0 Å². The standard InChI is InChI=1S/C34H50N2O4.H2/c1-9-28(24-15-11-12-16-24)35-30(10-2)36-31(23(3)4)32(38-7)25-19-20-29(34(5,6)21-25)40-22-26-17-13-14-18-27(26)33(37)39-8;/h9-10,19-20,24,26-27,36H,1,3,11-18,21-22H2,2,4-8H3;1H/b30-10+,32-31+,35-28+;/t26-,27+;/m1./s1. The Labute approximate surface area is 243 Å². The van der Waals surface area contributed by atoms with E-state index in [0.29, 0.717) is 12.5 Å². The van der Waals surface area contributed by atoms with Crippen LogP contribution in [0.2, 0.25) is 0 Å². The van der Waals surface area contributed by atoms with Gasteiger partial charge in [-0.25, -0.2) is 4.99 Å². The van der Waals surface area contributed by atoms with Gasteiger partial charge in [0.1, 0.15) is 17.3 Å². The zero-order valence-electron chi connectivity index (χ0n) is 25.6. The van der Waals surface area contributed by atoms with Crippen molar-refractivity contribution in [2.45, 2.75) is 85.5 Å². The van der Waals surface area contributed by atoms with Gasteiger partial charge in [0.05, 0.1) is 32.4 Å². The van der Waals surface area contributed by atoms with E-state index in [0.717, 1.165) is 84.8 Å². The van der Waals surface area contributed by atoms with Crippen LogP contribution in [0.15, 0.2) is 76.6 Å². The predicted octanol–water partition coefficient (Wildman–Crippen LogP) is 8.17. The van der Waals surface area contributed by atoms with Crippen molar-refractivity contribution >= 4 is 11.7 Å². The van der Waals surface area contributed by atoms with Crippen LogP contribution in [0, 0.1) is 23.2 Å². The summed E-state index contributed by atoms with van der Waals surface area (Å²) in [5.41, 5.74) is 3.53. The minimum atomic E-state index is -0.246. The smallest absolute Gasteiger partial charge is 0.309 e. The van der Waals surface area contributed by atoms with E-state index in [9.17, 15) is 4.79 Å². The lowest BCUT2D eigenvalue weighted by molar-refractivity contribution is -0.149. The SMILES string of the molecule is C=C/C(=N\C(=C/C)N/C(C(=C)C)=C(/OC)C1=CC=C(OC[C@H]2CCCC[C@@H]2C(=O)OC)C(C)(C)C1)C1CCCC1.[HH]. The van der Waals surface area contributed by atoms with Crippen molar-refractivity contribution in [3.05, 3.63) is 71.6 Å². The van der Waals surface area contributed by atoms with Crippen molar-refractivity contribution in [2.75, 3.05) is 20.8 Å². The Kier molecular flexibility index (Phi) is 11.5. The first-order valence-corrected chi connectivity index (χ1v) is 14.9. The van der Waals surface area contributed by atoms with Crippen molar-refractivity contribution in [2.24, 2.45) is 28.2 Å². The first-order chi connectivity index (χ1) is 19.1. The lowest BCUT2D eigenvalue weighted by atomic mass is 9.78. The van der Waals surface area contributed by atoms with Crippen LogP contribution < -0.4 is 5.32 Å². The molecule has 2 saturated carbocycles. The maximum atomic E-state index is 12.3. The van der Waals surface area contributed by atoms with Gasteiger partial charge in [0.25, 0.3) is 0 Å². The van der Waals surface area contributed by atoms with E-state index < -0.39 is 0 Å². The van der Waals surface area contributed by atoms with Crippen LogP contribution in [0.3, 0.4) is 0 Å². The Morgan fingerprint density at radius 3 is 2.38 bits per heavy atom. The lowest BCUT2D eigenvalue weighted by Gasteiger charge is -2.35. The van der Waals surface area contributed by atoms with Crippen LogP contribution in [0.5, 0.6) is 0 Å². The highest BCUT2D eigenvalue weighted by molar-refractivity contribution is 5.97. The van der Waals surface area contributed by atoms with Gasteiger partial charge < -0.3 is 19.5 Å². The molecule has 0 aromatic rings. The zero-order valence-corrected chi connectivity index (χ0v) is 25.6. The van der Waals surface area contributed by atoms with E-state index in [4.69, 9.17) is 19.2 Å². The number of allylic oxidation sites excluding steroid dienone is 7. The molecule has 40 heavy (non-hydrogen) atoms. The third-order valence-corrected chi connectivity index (χ3v) is 8.51. The highest BCUT2D eigenvalue weighted by Crippen LogP contribution is 2.42. The van der Waals surface area contributed by atoms with Gasteiger partial charge >= 0.3 is 5.97 Å². The van der Waals surface area contributed by atoms with Crippen LogP contribution in [-0.4, -0.2) is 32.5 Å². The molecule has 0 aliphatic heterocycles. The van der Waals surface area contributed by atoms with Crippen molar-refractivity contribution in [1.29, 1.82) is 0 Å². The number of ether oxygens (including phenoxy) is 3. The molecular weight excluding hydrogens is 500 g/mol. The van der Waals surface area contributed by atoms with Gasteiger partial charge in [-0.05, 0) is 75.3 Å². The quantitative estimate of drug-likeness (QED) is 0.114. The second-order valence-corrected chi connectivity index (χ2v) is 12.0. The van der Waals surface area contributed by atoms with E-state index in [1.807, 2.05) is 26.0 Å². The summed E-state index contributed by atoms with van der Waals surface area (Å²) in [6.45, 7) is 17.1. The van der Waals surface area contributed by atoms with E-state index in [1.165, 1.54) is 20.0 Å². The molecule has 0 bridgehead atoms. The Balaban J connectivity index is 0.00000588. The topological polar surface area (TPSA) is 69.2 Å². The fourth-order valence-corrected chi connectivity index (χ4v) is 6.20. The molecule has 3 aliphatic rings. The molecule has 0 unspecified atom stereocenters. The number of nitrogens with zero attached hydrogens (tertiary/aromatic N) is 1. The molecule has 0 aromatic carbocycles. The Bertz CT molecular complexity index is 1110. The normalized spacial score (nSPS) is 24.4. The maximum Gasteiger partial charge on any atom is 0.309 e. The molecular formula is C34H52N2O4. The molecule has 0 aromatic heterocycles. The molecule has 222 valence electrons. The largest absolute Gasteiger partial charge is 0.497 e. The van der Waals surface area contributed by atoms with Crippen LogP contribution in [-0.2, 0) is 19.0 Å². The maximum absolute atomic E-state index is 12.3. The number of nitrogens with one attached hydrogen (secondary N) is 1. The zero-order chi connectivity index (χ0) is 29.3. The third-order valence-electron chi connectivity index (χ3n) is 8.51. The molecule has 0 radical (unpaired) electrons. The number of methoxy groups -OCH3 is 2. The number of hydrogen-bond donors (Lipinski definition) is 1. The second kappa shape index (κ2) is 14.6. The summed E-state index contributed by atoms with van der Waals surface area (Å²) in [7, 11) is 3.18. The fraction of sp³-hybridized carbons (Fsp3) is 0.588. The van der Waals surface area contributed by atoms with Crippen LogP contribution in [0.4, 0.5) is 0 Å². The lowest BCUT2D eigenvalue weighted by Crippen LogP contribution is -2.32. The van der Waals surface area contributed by atoms with Gasteiger partial charge in [-0.3, -0.25) is 4.79 Å². The number of hydrogen-bond acceptors (Lipinski definition) is 6. The van der Waals surface area contributed by atoms with Crippen molar-refractivity contribution in [1.82, 2.24) is 5.32 Å². The molecule has 0 spiro atoms. The third kappa shape index (κ3) is 7.80. The van der Waals surface area contributed by atoms with Gasteiger partial charge in [0.15, 0.2) is 0 Å². The number of carbonyl (C=O) groups excluding carboxylic acids is 1. The summed E-state index contributed by atoms with van der Waals surface area (Å²) < 4.78 is 17.5. The predicted molar refractivity (Wildman–Crippen MR) is 165 cm³/mol. The van der Waals surface area contributed by atoms with E-state index >= 15 is 0 Å². The molecule has 0 heterocycles. The van der Waals surface area contributed by atoms with Gasteiger partial charge in [-0.2, -0.15) is 0 Å².